The number of ether oxygens (including phenoxy) is 2. The van der Waals surface area contributed by atoms with Gasteiger partial charge in [0, 0.05) is 47.8 Å². The van der Waals surface area contributed by atoms with E-state index >= 15 is 0 Å². The summed E-state index contributed by atoms with van der Waals surface area (Å²) in [5.74, 6) is 2.61. The Morgan fingerprint density at radius 2 is 1.76 bits per heavy atom. The quantitative estimate of drug-likeness (QED) is 0.511. The van der Waals surface area contributed by atoms with Crippen molar-refractivity contribution in [2.24, 2.45) is 0 Å². The van der Waals surface area contributed by atoms with E-state index in [-0.39, 0.29) is 6.61 Å². The molecular formula is C24H30ClN5O3. The van der Waals surface area contributed by atoms with E-state index in [1.807, 2.05) is 36.4 Å². The van der Waals surface area contributed by atoms with Gasteiger partial charge in [0.15, 0.2) is 11.5 Å². The molecule has 176 valence electrons. The fourth-order valence-electron chi connectivity index (χ4n) is 4.20. The summed E-state index contributed by atoms with van der Waals surface area (Å²) in [4.78, 5) is 14.2. The Kier molecular flexibility index (Phi) is 7.37. The Balaban J connectivity index is 1.69. The molecular weight excluding hydrogens is 442 g/mol. The first-order valence-corrected chi connectivity index (χ1v) is 11.4. The summed E-state index contributed by atoms with van der Waals surface area (Å²) in [6, 6.07) is 11.7. The molecule has 4 rings (SSSR count). The Hall–Kier alpha value is -2.81. The van der Waals surface area contributed by atoms with Crippen LogP contribution in [0.4, 0.5) is 17.5 Å². The van der Waals surface area contributed by atoms with Gasteiger partial charge < -0.3 is 29.7 Å². The topological polar surface area (TPSA) is 83.0 Å². The molecule has 0 bridgehead atoms. The number of hydrogen-bond acceptors (Lipinski definition) is 8. The third-order valence-corrected chi connectivity index (χ3v) is 6.37. The molecule has 9 heteroatoms. The molecule has 1 aliphatic rings. The van der Waals surface area contributed by atoms with Crippen molar-refractivity contribution >= 4 is 40.0 Å². The van der Waals surface area contributed by atoms with E-state index in [2.05, 4.69) is 22.2 Å². The van der Waals surface area contributed by atoms with Gasteiger partial charge in [-0.15, -0.1) is 0 Å². The van der Waals surface area contributed by atoms with Gasteiger partial charge in [0.2, 0.25) is 5.95 Å². The number of likely N-dealkylation sites (N-methyl/N-ethyl adjacent to an activating group) is 1. The van der Waals surface area contributed by atoms with E-state index < -0.39 is 0 Å². The lowest BCUT2D eigenvalue weighted by Crippen LogP contribution is -2.44. The summed E-state index contributed by atoms with van der Waals surface area (Å²) >= 11 is 6.06. The largest absolute Gasteiger partial charge is 0.493 e. The third kappa shape index (κ3) is 5.24. The predicted molar refractivity (Wildman–Crippen MR) is 132 cm³/mol. The number of fused-ring (bicyclic) bond motifs is 1. The van der Waals surface area contributed by atoms with Gasteiger partial charge in [-0.05, 0) is 50.2 Å². The number of piperidine rings is 1. The number of halogens is 1. The van der Waals surface area contributed by atoms with Crippen LogP contribution < -0.4 is 19.7 Å². The zero-order valence-electron chi connectivity index (χ0n) is 19.2. The molecule has 0 spiro atoms. The molecule has 0 unspecified atom stereocenters. The number of nitrogens with one attached hydrogen (secondary N) is 1. The van der Waals surface area contributed by atoms with Crippen LogP contribution in [0.5, 0.6) is 11.5 Å². The van der Waals surface area contributed by atoms with Gasteiger partial charge in [-0.1, -0.05) is 11.6 Å². The Labute approximate surface area is 199 Å². The molecule has 33 heavy (non-hydrogen) atoms. The number of aromatic nitrogens is 2. The molecule has 2 N–H and O–H groups in total. The lowest BCUT2D eigenvalue weighted by molar-refractivity contribution is 0.161. The van der Waals surface area contributed by atoms with Crippen LogP contribution in [0.25, 0.3) is 10.9 Å². The van der Waals surface area contributed by atoms with Crippen molar-refractivity contribution in [3.8, 4) is 11.5 Å². The summed E-state index contributed by atoms with van der Waals surface area (Å²) < 4.78 is 11.0. The highest BCUT2D eigenvalue weighted by Crippen LogP contribution is 2.36. The molecule has 0 amide bonds. The fourth-order valence-corrected chi connectivity index (χ4v) is 4.32. The SMILES string of the molecule is COc1cc2nc(N3CCC(N(C)CCO)CC3)nc(Nc3ccc(Cl)cc3)c2cc1OC. The predicted octanol–water partition coefficient (Wildman–Crippen LogP) is 3.94. The summed E-state index contributed by atoms with van der Waals surface area (Å²) in [5, 5.41) is 14.2. The van der Waals surface area contributed by atoms with Crippen molar-refractivity contribution in [1.82, 2.24) is 14.9 Å². The first kappa shape index (κ1) is 23.4. The molecule has 1 aromatic heterocycles. The van der Waals surface area contributed by atoms with Gasteiger partial charge in [0.1, 0.15) is 5.82 Å². The number of anilines is 3. The minimum Gasteiger partial charge on any atom is -0.493 e. The maximum Gasteiger partial charge on any atom is 0.227 e. The van der Waals surface area contributed by atoms with Crippen LogP contribution in [0.15, 0.2) is 36.4 Å². The highest BCUT2D eigenvalue weighted by molar-refractivity contribution is 6.30. The second-order valence-electron chi connectivity index (χ2n) is 8.15. The van der Waals surface area contributed by atoms with Gasteiger partial charge in [-0.2, -0.15) is 4.98 Å². The smallest absolute Gasteiger partial charge is 0.227 e. The van der Waals surface area contributed by atoms with Crippen molar-refractivity contribution in [3.05, 3.63) is 41.4 Å². The van der Waals surface area contributed by atoms with Crippen LogP contribution in [0.2, 0.25) is 5.02 Å². The number of hydrogen-bond donors (Lipinski definition) is 2. The van der Waals surface area contributed by atoms with Crippen LogP contribution in [-0.2, 0) is 0 Å². The van der Waals surface area contributed by atoms with Crippen molar-refractivity contribution < 1.29 is 14.6 Å². The molecule has 0 atom stereocenters. The van der Waals surface area contributed by atoms with Crippen LogP contribution in [0.3, 0.4) is 0 Å². The number of aliphatic hydroxyl groups is 1. The highest BCUT2D eigenvalue weighted by Gasteiger charge is 2.25. The van der Waals surface area contributed by atoms with Crippen LogP contribution >= 0.6 is 11.6 Å². The normalized spacial score (nSPS) is 14.7. The van der Waals surface area contributed by atoms with E-state index in [1.54, 1.807) is 14.2 Å². The van der Waals surface area contributed by atoms with E-state index in [9.17, 15) is 5.11 Å². The molecule has 2 heterocycles. The summed E-state index contributed by atoms with van der Waals surface area (Å²) in [7, 11) is 5.30. The Morgan fingerprint density at radius 3 is 2.39 bits per heavy atom. The van der Waals surface area contributed by atoms with E-state index in [4.69, 9.17) is 31.0 Å². The van der Waals surface area contributed by atoms with E-state index in [0.717, 1.165) is 42.5 Å². The molecule has 1 fully saturated rings. The molecule has 0 aliphatic carbocycles. The molecule has 8 nitrogen and oxygen atoms in total. The Bertz CT molecular complexity index is 1090. The van der Waals surface area contributed by atoms with Gasteiger partial charge in [-0.25, -0.2) is 4.98 Å². The first-order chi connectivity index (χ1) is 16.0. The average Bonchev–Trinajstić information content (AvgIpc) is 2.84. The van der Waals surface area contributed by atoms with Gasteiger partial charge in [0.25, 0.3) is 0 Å². The Morgan fingerprint density at radius 1 is 1.09 bits per heavy atom. The maximum atomic E-state index is 9.24. The minimum atomic E-state index is 0.176. The number of rotatable bonds is 8. The lowest BCUT2D eigenvalue weighted by Gasteiger charge is -2.36. The van der Waals surface area contributed by atoms with E-state index in [0.29, 0.717) is 40.9 Å². The summed E-state index contributed by atoms with van der Waals surface area (Å²) in [6.07, 6.45) is 1.98. The van der Waals surface area contributed by atoms with Gasteiger partial charge in [-0.3, -0.25) is 0 Å². The summed E-state index contributed by atoms with van der Waals surface area (Å²) in [6.45, 7) is 2.56. The molecule has 1 saturated heterocycles. The number of benzene rings is 2. The average molecular weight is 472 g/mol. The van der Waals surface area contributed by atoms with Crippen LogP contribution in [0.1, 0.15) is 12.8 Å². The molecule has 2 aromatic carbocycles. The monoisotopic (exact) mass is 471 g/mol. The van der Waals surface area contributed by atoms with Crippen molar-refractivity contribution in [1.29, 1.82) is 0 Å². The van der Waals surface area contributed by atoms with Crippen LogP contribution in [0, 0.1) is 0 Å². The lowest BCUT2D eigenvalue weighted by atomic mass is 10.0. The highest BCUT2D eigenvalue weighted by atomic mass is 35.5. The third-order valence-electron chi connectivity index (χ3n) is 6.12. The molecule has 3 aromatic rings. The number of nitrogens with zero attached hydrogens (tertiary/aromatic N) is 4. The number of aliphatic hydroxyl groups excluding tert-OH is 1. The molecule has 0 radical (unpaired) electrons. The van der Waals surface area contributed by atoms with Gasteiger partial charge >= 0.3 is 0 Å². The standard InChI is InChI=1S/C24H30ClN5O3/c1-29(12-13-31)18-8-10-30(11-9-18)24-27-20-15-22(33-3)21(32-2)14-19(20)23(28-24)26-17-6-4-16(25)5-7-17/h4-7,14-15,18,31H,8-13H2,1-3H3,(H,26,27,28). The van der Waals surface area contributed by atoms with E-state index in [1.165, 1.54) is 0 Å². The zero-order chi connectivity index (χ0) is 23.4. The number of methoxy groups -OCH3 is 2. The second-order valence-corrected chi connectivity index (χ2v) is 8.59. The van der Waals surface area contributed by atoms with Crippen molar-refractivity contribution in [3.63, 3.8) is 0 Å². The maximum absolute atomic E-state index is 9.24. The minimum absolute atomic E-state index is 0.176. The van der Waals surface area contributed by atoms with Crippen LogP contribution in [-0.4, -0.2) is 73.5 Å². The molecule has 1 aliphatic heterocycles. The first-order valence-electron chi connectivity index (χ1n) is 11.0. The summed E-state index contributed by atoms with van der Waals surface area (Å²) in [5.41, 5.74) is 1.65. The van der Waals surface area contributed by atoms with Crippen molar-refractivity contribution in [2.45, 2.75) is 18.9 Å². The molecule has 0 saturated carbocycles. The fraction of sp³-hybridized carbons (Fsp3) is 0.417. The second kappa shape index (κ2) is 10.4. The van der Waals surface area contributed by atoms with Crippen molar-refractivity contribution in [2.75, 3.05) is 57.7 Å². The zero-order valence-corrected chi connectivity index (χ0v) is 20.0. The van der Waals surface area contributed by atoms with Gasteiger partial charge in [0.05, 0.1) is 26.3 Å².